The molecule has 1 nitrogen and oxygen atoms in total. The van der Waals surface area contributed by atoms with Crippen LogP contribution in [0.1, 0.15) is 0 Å². The molecule has 0 spiro atoms. The molecule has 0 fully saturated rings. The van der Waals surface area contributed by atoms with Gasteiger partial charge in [-0.25, -0.2) is 0 Å². The van der Waals surface area contributed by atoms with Crippen molar-refractivity contribution in [3.05, 3.63) is 29.3 Å². The normalized spacial score (nSPS) is 9.80. The first-order valence-corrected chi connectivity index (χ1v) is 4.18. The number of hydrogen-bond donors (Lipinski definition) is 1. The van der Waals surface area contributed by atoms with Crippen molar-refractivity contribution in [2.75, 3.05) is 5.94 Å². The molecule has 54 valence electrons. The second-order valence-electron chi connectivity index (χ2n) is 1.73. The molecular formula is C7H7ClOS. The zero-order chi connectivity index (χ0) is 7.40. The highest BCUT2D eigenvalue weighted by Gasteiger charge is 1.90. The van der Waals surface area contributed by atoms with Gasteiger partial charge in [-0.05, 0) is 24.3 Å². The lowest BCUT2D eigenvalue weighted by atomic mass is 10.4. The summed E-state index contributed by atoms with van der Waals surface area (Å²) >= 11 is 7.02. The standard InChI is InChI=1S/C7H7ClOS/c8-6-1-3-7(4-2-6)10-5-9/h1-4,9H,5H2. The summed E-state index contributed by atoms with van der Waals surface area (Å²) in [7, 11) is 0. The second kappa shape index (κ2) is 3.86. The van der Waals surface area contributed by atoms with Crippen LogP contribution < -0.4 is 0 Å². The Bertz CT molecular complexity index is 197. The number of hydrogen-bond acceptors (Lipinski definition) is 2. The zero-order valence-electron chi connectivity index (χ0n) is 5.25. The Hall–Kier alpha value is -0.180. The second-order valence-corrected chi connectivity index (χ2v) is 3.18. The van der Waals surface area contributed by atoms with Gasteiger partial charge in [0.15, 0.2) is 0 Å². The van der Waals surface area contributed by atoms with Crippen molar-refractivity contribution >= 4 is 23.4 Å². The van der Waals surface area contributed by atoms with Gasteiger partial charge < -0.3 is 5.11 Å². The first kappa shape index (κ1) is 7.92. The van der Waals surface area contributed by atoms with E-state index in [9.17, 15) is 0 Å². The SMILES string of the molecule is OCSc1ccc(Cl)cc1. The van der Waals surface area contributed by atoms with E-state index in [1.54, 1.807) is 12.1 Å². The fourth-order valence-corrected chi connectivity index (χ4v) is 1.21. The molecule has 3 heteroatoms. The predicted molar refractivity (Wildman–Crippen MR) is 44.4 cm³/mol. The molecule has 0 aliphatic heterocycles. The van der Waals surface area contributed by atoms with Crippen molar-refractivity contribution in [3.63, 3.8) is 0 Å². The summed E-state index contributed by atoms with van der Waals surface area (Å²) in [5.41, 5.74) is 0. The van der Waals surface area contributed by atoms with E-state index in [-0.39, 0.29) is 5.94 Å². The van der Waals surface area contributed by atoms with Crippen LogP contribution in [0.5, 0.6) is 0 Å². The van der Waals surface area contributed by atoms with Gasteiger partial charge in [0.05, 0.1) is 5.94 Å². The third-order valence-electron chi connectivity index (χ3n) is 1.04. The van der Waals surface area contributed by atoms with E-state index in [0.29, 0.717) is 0 Å². The lowest BCUT2D eigenvalue weighted by Crippen LogP contribution is -1.73. The van der Waals surface area contributed by atoms with Crippen LogP contribution in [0.25, 0.3) is 0 Å². The highest BCUT2D eigenvalue weighted by Crippen LogP contribution is 2.18. The lowest BCUT2D eigenvalue weighted by Gasteiger charge is -1.95. The van der Waals surface area contributed by atoms with Crippen LogP contribution in [0.4, 0.5) is 0 Å². The van der Waals surface area contributed by atoms with Crippen molar-refractivity contribution < 1.29 is 5.11 Å². The third kappa shape index (κ3) is 2.21. The van der Waals surface area contributed by atoms with E-state index < -0.39 is 0 Å². The minimum absolute atomic E-state index is 0.113. The number of halogens is 1. The van der Waals surface area contributed by atoms with Crippen molar-refractivity contribution in [2.24, 2.45) is 0 Å². The van der Waals surface area contributed by atoms with Crippen LogP contribution in [0.2, 0.25) is 5.02 Å². The molecule has 1 rings (SSSR count). The Kier molecular flexibility index (Phi) is 3.06. The van der Waals surface area contributed by atoms with Gasteiger partial charge in [-0.2, -0.15) is 0 Å². The highest BCUT2D eigenvalue weighted by atomic mass is 35.5. The Morgan fingerprint density at radius 3 is 2.40 bits per heavy atom. The van der Waals surface area contributed by atoms with Gasteiger partial charge in [-0.1, -0.05) is 23.4 Å². The molecule has 0 saturated heterocycles. The summed E-state index contributed by atoms with van der Waals surface area (Å²) < 4.78 is 0. The Labute approximate surface area is 69.0 Å². The minimum Gasteiger partial charge on any atom is -0.385 e. The minimum atomic E-state index is 0.113. The molecule has 1 aromatic rings. The highest BCUT2D eigenvalue weighted by molar-refractivity contribution is 7.99. The van der Waals surface area contributed by atoms with E-state index in [1.807, 2.05) is 12.1 Å². The maximum Gasteiger partial charge on any atom is 0.0932 e. The van der Waals surface area contributed by atoms with Gasteiger partial charge in [0.25, 0.3) is 0 Å². The summed E-state index contributed by atoms with van der Waals surface area (Å²) in [5.74, 6) is 0.113. The number of rotatable bonds is 2. The monoisotopic (exact) mass is 174 g/mol. The molecule has 1 aromatic carbocycles. The van der Waals surface area contributed by atoms with Gasteiger partial charge in [0.2, 0.25) is 0 Å². The first-order valence-electron chi connectivity index (χ1n) is 2.82. The number of aliphatic hydroxyl groups is 1. The number of benzene rings is 1. The molecule has 10 heavy (non-hydrogen) atoms. The molecule has 0 aromatic heterocycles. The van der Waals surface area contributed by atoms with Gasteiger partial charge in [0.1, 0.15) is 0 Å². The maximum absolute atomic E-state index is 8.52. The molecule has 0 amide bonds. The number of aliphatic hydroxyl groups excluding tert-OH is 1. The van der Waals surface area contributed by atoms with Crippen molar-refractivity contribution in [1.82, 2.24) is 0 Å². The van der Waals surface area contributed by atoms with Crippen LogP contribution in [-0.4, -0.2) is 11.0 Å². The van der Waals surface area contributed by atoms with Crippen LogP contribution in [0.3, 0.4) is 0 Å². The van der Waals surface area contributed by atoms with Gasteiger partial charge in [-0.3, -0.25) is 0 Å². The van der Waals surface area contributed by atoms with E-state index in [0.717, 1.165) is 9.92 Å². The van der Waals surface area contributed by atoms with Gasteiger partial charge >= 0.3 is 0 Å². The summed E-state index contributed by atoms with van der Waals surface area (Å²) in [6, 6.07) is 7.37. The average Bonchev–Trinajstić information content (AvgIpc) is 1.95. The number of thioether (sulfide) groups is 1. The Balaban J connectivity index is 2.69. The largest absolute Gasteiger partial charge is 0.385 e. The molecule has 0 heterocycles. The molecule has 0 aliphatic rings. The van der Waals surface area contributed by atoms with Crippen LogP contribution in [0, 0.1) is 0 Å². The summed E-state index contributed by atoms with van der Waals surface area (Å²) in [4.78, 5) is 1.03. The lowest BCUT2D eigenvalue weighted by molar-refractivity contribution is 0.375. The van der Waals surface area contributed by atoms with E-state index in [1.165, 1.54) is 11.8 Å². The molecule has 0 unspecified atom stereocenters. The molecule has 0 bridgehead atoms. The molecular weight excluding hydrogens is 168 g/mol. The van der Waals surface area contributed by atoms with Crippen molar-refractivity contribution in [3.8, 4) is 0 Å². The van der Waals surface area contributed by atoms with E-state index in [4.69, 9.17) is 16.7 Å². The smallest absolute Gasteiger partial charge is 0.0932 e. The predicted octanol–water partition coefficient (Wildman–Crippen LogP) is 2.38. The summed E-state index contributed by atoms with van der Waals surface area (Å²) in [6.07, 6.45) is 0. The fourth-order valence-electron chi connectivity index (χ4n) is 0.605. The maximum atomic E-state index is 8.52. The summed E-state index contributed by atoms with van der Waals surface area (Å²) in [6.45, 7) is 0. The topological polar surface area (TPSA) is 20.2 Å². The van der Waals surface area contributed by atoms with Gasteiger partial charge in [-0.15, -0.1) is 0 Å². The molecule has 0 radical (unpaired) electrons. The van der Waals surface area contributed by atoms with Gasteiger partial charge in [0, 0.05) is 9.92 Å². The zero-order valence-corrected chi connectivity index (χ0v) is 6.82. The Morgan fingerprint density at radius 1 is 1.30 bits per heavy atom. The summed E-state index contributed by atoms with van der Waals surface area (Å²) in [5, 5.41) is 9.24. The molecule has 0 atom stereocenters. The van der Waals surface area contributed by atoms with Crippen LogP contribution >= 0.6 is 23.4 Å². The average molecular weight is 175 g/mol. The van der Waals surface area contributed by atoms with E-state index in [2.05, 4.69) is 0 Å². The van der Waals surface area contributed by atoms with Crippen LogP contribution in [-0.2, 0) is 0 Å². The van der Waals surface area contributed by atoms with E-state index >= 15 is 0 Å². The third-order valence-corrected chi connectivity index (χ3v) is 2.03. The van der Waals surface area contributed by atoms with Crippen molar-refractivity contribution in [2.45, 2.75) is 4.90 Å². The molecule has 0 saturated carbocycles. The van der Waals surface area contributed by atoms with Crippen LogP contribution in [0.15, 0.2) is 29.2 Å². The fraction of sp³-hybridized carbons (Fsp3) is 0.143. The first-order chi connectivity index (χ1) is 4.83. The Morgan fingerprint density at radius 2 is 1.90 bits per heavy atom. The molecule has 1 N–H and O–H groups in total. The quantitative estimate of drug-likeness (QED) is 0.549. The van der Waals surface area contributed by atoms with Crippen molar-refractivity contribution in [1.29, 1.82) is 0 Å². The molecule has 0 aliphatic carbocycles.